The molecule has 96 valence electrons. The van der Waals surface area contributed by atoms with Gasteiger partial charge in [-0.05, 0) is 12.8 Å². The van der Waals surface area contributed by atoms with Gasteiger partial charge in [0, 0.05) is 19.6 Å². The smallest absolute Gasteiger partial charge is 0.434 e. The summed E-state index contributed by atoms with van der Waals surface area (Å²) in [6.07, 6.45) is 4.28. The van der Waals surface area contributed by atoms with E-state index < -0.39 is 6.16 Å². The second-order valence-electron chi connectivity index (χ2n) is 3.62. The van der Waals surface area contributed by atoms with Crippen LogP contribution < -0.4 is 0 Å². The highest BCUT2D eigenvalue weighted by Crippen LogP contribution is 1.94. The Balaban J connectivity index is 3.09. The lowest BCUT2D eigenvalue weighted by Gasteiger charge is -2.06. The third-order valence-corrected chi connectivity index (χ3v) is 2.01. The first kappa shape index (κ1) is 15.2. The molecular formula is C12H24O4. The minimum absolute atomic E-state index is 0.372. The zero-order chi connectivity index (χ0) is 12.1. The lowest BCUT2D eigenvalue weighted by atomic mass is 10.4. The van der Waals surface area contributed by atoms with Gasteiger partial charge in [-0.3, -0.25) is 0 Å². The first-order chi connectivity index (χ1) is 7.81. The number of ether oxygens (including phenoxy) is 3. The van der Waals surface area contributed by atoms with Crippen molar-refractivity contribution in [2.45, 2.75) is 46.0 Å². The Morgan fingerprint density at radius 2 is 1.31 bits per heavy atom. The van der Waals surface area contributed by atoms with Crippen LogP contribution in [0.2, 0.25) is 0 Å². The van der Waals surface area contributed by atoms with E-state index in [1.54, 1.807) is 0 Å². The van der Waals surface area contributed by atoms with Crippen molar-refractivity contribution in [2.24, 2.45) is 0 Å². The summed E-state index contributed by atoms with van der Waals surface area (Å²) in [5.41, 5.74) is 0. The first-order valence-electron chi connectivity index (χ1n) is 6.18. The van der Waals surface area contributed by atoms with E-state index >= 15 is 0 Å². The van der Waals surface area contributed by atoms with Gasteiger partial charge in [-0.15, -0.1) is 0 Å². The average Bonchev–Trinajstić information content (AvgIpc) is 2.28. The van der Waals surface area contributed by atoms with E-state index in [-0.39, 0.29) is 0 Å². The van der Waals surface area contributed by atoms with Gasteiger partial charge in [-0.1, -0.05) is 26.7 Å². The summed E-state index contributed by atoms with van der Waals surface area (Å²) in [5.74, 6) is 0. The molecule has 0 radical (unpaired) electrons. The number of hydrogen-bond acceptors (Lipinski definition) is 4. The van der Waals surface area contributed by atoms with Crippen molar-refractivity contribution in [1.82, 2.24) is 0 Å². The van der Waals surface area contributed by atoms with Crippen LogP contribution in [0.1, 0.15) is 46.0 Å². The van der Waals surface area contributed by atoms with E-state index in [9.17, 15) is 4.79 Å². The van der Waals surface area contributed by atoms with E-state index in [1.807, 2.05) is 6.92 Å². The van der Waals surface area contributed by atoms with E-state index in [4.69, 9.17) is 14.2 Å². The van der Waals surface area contributed by atoms with Crippen LogP contribution in [0.3, 0.4) is 0 Å². The molecule has 0 fully saturated rings. The largest absolute Gasteiger partial charge is 0.508 e. The van der Waals surface area contributed by atoms with Crippen molar-refractivity contribution in [2.75, 3.05) is 26.4 Å². The Labute approximate surface area is 98.3 Å². The van der Waals surface area contributed by atoms with Gasteiger partial charge >= 0.3 is 6.16 Å². The van der Waals surface area contributed by atoms with Crippen molar-refractivity contribution in [3.63, 3.8) is 0 Å². The molecule has 0 aromatic heterocycles. The maximum atomic E-state index is 11.0. The average molecular weight is 232 g/mol. The predicted octanol–water partition coefficient (Wildman–Crippen LogP) is 3.15. The van der Waals surface area contributed by atoms with Crippen LogP contribution in [-0.2, 0) is 14.2 Å². The van der Waals surface area contributed by atoms with Crippen molar-refractivity contribution in [3.05, 3.63) is 0 Å². The minimum atomic E-state index is -0.568. The minimum Gasteiger partial charge on any atom is -0.434 e. The van der Waals surface area contributed by atoms with Crippen LogP contribution >= 0.6 is 0 Å². The molecule has 0 aliphatic carbocycles. The van der Waals surface area contributed by atoms with Crippen molar-refractivity contribution < 1.29 is 19.0 Å². The number of carbonyl (C=O) groups is 1. The van der Waals surface area contributed by atoms with Crippen LogP contribution in [0.4, 0.5) is 4.79 Å². The zero-order valence-electron chi connectivity index (χ0n) is 10.5. The predicted molar refractivity (Wildman–Crippen MR) is 62.6 cm³/mol. The Bertz CT molecular complexity index is 159. The maximum Gasteiger partial charge on any atom is 0.508 e. The van der Waals surface area contributed by atoms with Crippen LogP contribution in [0.15, 0.2) is 0 Å². The lowest BCUT2D eigenvalue weighted by molar-refractivity contribution is 0.0443. The van der Waals surface area contributed by atoms with Crippen LogP contribution in [0.25, 0.3) is 0 Å². The molecule has 16 heavy (non-hydrogen) atoms. The standard InChI is InChI=1S/C12H24O4/c1-3-5-8-14-9-7-11-16-12(13)15-10-6-4-2/h3-11H2,1-2H3. The van der Waals surface area contributed by atoms with Gasteiger partial charge in [0.2, 0.25) is 0 Å². The summed E-state index contributed by atoms with van der Waals surface area (Å²) >= 11 is 0. The van der Waals surface area contributed by atoms with E-state index in [1.165, 1.54) is 0 Å². The van der Waals surface area contributed by atoms with Crippen molar-refractivity contribution in [1.29, 1.82) is 0 Å². The third kappa shape index (κ3) is 11.3. The highest BCUT2D eigenvalue weighted by atomic mass is 16.7. The number of hydrogen-bond donors (Lipinski definition) is 0. The van der Waals surface area contributed by atoms with Gasteiger partial charge in [0.25, 0.3) is 0 Å². The Kier molecular flexibility index (Phi) is 11.7. The summed E-state index contributed by atoms with van der Waals surface area (Å²) in [5, 5.41) is 0. The Morgan fingerprint density at radius 1 is 0.812 bits per heavy atom. The van der Waals surface area contributed by atoms with Crippen LogP contribution in [0, 0.1) is 0 Å². The summed E-state index contributed by atoms with van der Waals surface area (Å²) in [4.78, 5) is 11.0. The summed E-state index contributed by atoms with van der Waals surface area (Å²) in [6, 6.07) is 0. The molecule has 0 bridgehead atoms. The molecule has 0 heterocycles. The normalized spacial score (nSPS) is 10.1. The molecule has 4 heteroatoms. The first-order valence-corrected chi connectivity index (χ1v) is 6.18. The van der Waals surface area contributed by atoms with E-state index in [0.717, 1.165) is 38.7 Å². The fourth-order valence-electron chi connectivity index (χ4n) is 1.01. The highest BCUT2D eigenvalue weighted by molar-refractivity contribution is 5.59. The quantitative estimate of drug-likeness (QED) is 0.429. The Morgan fingerprint density at radius 3 is 1.94 bits per heavy atom. The summed E-state index contributed by atoms with van der Waals surface area (Å²) in [7, 11) is 0. The topological polar surface area (TPSA) is 44.8 Å². The van der Waals surface area contributed by atoms with Gasteiger partial charge in [-0.2, -0.15) is 0 Å². The van der Waals surface area contributed by atoms with E-state index in [0.29, 0.717) is 19.8 Å². The number of carbonyl (C=O) groups excluding carboxylic acids is 1. The molecule has 0 aromatic carbocycles. The summed E-state index contributed by atoms with van der Waals surface area (Å²) in [6.45, 7) is 6.42. The van der Waals surface area contributed by atoms with Gasteiger partial charge in [0.05, 0.1) is 13.2 Å². The van der Waals surface area contributed by atoms with Gasteiger partial charge in [-0.25, -0.2) is 4.79 Å². The molecule has 4 nitrogen and oxygen atoms in total. The van der Waals surface area contributed by atoms with Gasteiger partial charge < -0.3 is 14.2 Å². The second kappa shape index (κ2) is 12.3. The molecule has 0 rings (SSSR count). The van der Waals surface area contributed by atoms with Crippen molar-refractivity contribution in [3.8, 4) is 0 Å². The van der Waals surface area contributed by atoms with Gasteiger partial charge in [0.15, 0.2) is 0 Å². The molecule has 0 atom stereocenters. The number of unbranched alkanes of at least 4 members (excludes halogenated alkanes) is 2. The molecule has 0 N–H and O–H groups in total. The Hall–Kier alpha value is -0.770. The molecule has 0 aliphatic heterocycles. The molecule has 0 aliphatic rings. The maximum absolute atomic E-state index is 11.0. The monoisotopic (exact) mass is 232 g/mol. The second-order valence-corrected chi connectivity index (χ2v) is 3.62. The molecule has 0 spiro atoms. The fraction of sp³-hybridized carbons (Fsp3) is 0.917. The zero-order valence-corrected chi connectivity index (χ0v) is 10.5. The molecule has 0 unspecified atom stereocenters. The van der Waals surface area contributed by atoms with E-state index in [2.05, 4.69) is 6.92 Å². The molecule has 0 saturated carbocycles. The fourth-order valence-corrected chi connectivity index (χ4v) is 1.01. The van der Waals surface area contributed by atoms with Gasteiger partial charge in [0.1, 0.15) is 0 Å². The molecule has 0 aromatic rings. The SMILES string of the molecule is CCCCOCCCOC(=O)OCCCC. The lowest BCUT2D eigenvalue weighted by Crippen LogP contribution is -2.10. The summed E-state index contributed by atoms with van der Waals surface area (Å²) < 4.78 is 15.0. The van der Waals surface area contributed by atoms with Crippen LogP contribution in [-0.4, -0.2) is 32.6 Å². The number of rotatable bonds is 10. The van der Waals surface area contributed by atoms with Crippen molar-refractivity contribution >= 4 is 6.16 Å². The molecular weight excluding hydrogens is 208 g/mol. The third-order valence-electron chi connectivity index (χ3n) is 2.01. The van der Waals surface area contributed by atoms with Crippen LogP contribution in [0.5, 0.6) is 0 Å². The molecule has 0 amide bonds. The molecule has 0 saturated heterocycles. The highest BCUT2D eigenvalue weighted by Gasteiger charge is 2.02.